The minimum atomic E-state index is -0.0339. The summed E-state index contributed by atoms with van der Waals surface area (Å²) in [5, 5.41) is 6.58. The molecule has 1 aromatic heterocycles. The Morgan fingerprint density at radius 1 is 1.10 bits per heavy atom. The lowest BCUT2D eigenvalue weighted by atomic mass is 10.1. The molecule has 4 nitrogen and oxygen atoms in total. The third-order valence-electron chi connectivity index (χ3n) is 2.44. The molecule has 1 aromatic carbocycles. The van der Waals surface area contributed by atoms with Crippen LogP contribution in [0.25, 0.3) is 0 Å². The minimum absolute atomic E-state index is 0.0339. The van der Waals surface area contributed by atoms with E-state index in [0.717, 1.165) is 21.7 Å². The van der Waals surface area contributed by atoms with E-state index in [1.54, 1.807) is 0 Å². The van der Waals surface area contributed by atoms with Crippen molar-refractivity contribution in [1.82, 2.24) is 9.97 Å². The lowest BCUT2D eigenvalue weighted by Gasteiger charge is -2.21. The van der Waals surface area contributed by atoms with Crippen molar-refractivity contribution < 1.29 is 0 Å². The van der Waals surface area contributed by atoms with E-state index in [0.29, 0.717) is 5.95 Å². The van der Waals surface area contributed by atoms with E-state index < -0.39 is 0 Å². The first-order valence-corrected chi connectivity index (χ1v) is 7.28. The summed E-state index contributed by atoms with van der Waals surface area (Å²) in [6, 6.07) is 9.86. The largest absolute Gasteiger partial charge is 0.365 e. The first kappa shape index (κ1) is 14.8. The molecule has 0 atom stereocenters. The Labute approximate surface area is 128 Å². The molecule has 0 radical (unpaired) electrons. The molecule has 0 aliphatic heterocycles. The second-order valence-corrected chi connectivity index (χ2v) is 6.64. The van der Waals surface area contributed by atoms with Gasteiger partial charge in [0.15, 0.2) is 0 Å². The number of anilines is 3. The van der Waals surface area contributed by atoms with E-state index in [-0.39, 0.29) is 5.54 Å². The Bertz CT molecular complexity index is 605. The van der Waals surface area contributed by atoms with Crippen LogP contribution in [0.15, 0.2) is 34.8 Å². The van der Waals surface area contributed by atoms with Crippen LogP contribution < -0.4 is 10.6 Å². The first-order chi connectivity index (χ1) is 9.32. The number of rotatable bonds is 3. The van der Waals surface area contributed by atoms with Crippen LogP contribution in [0.3, 0.4) is 0 Å². The molecule has 20 heavy (non-hydrogen) atoms. The van der Waals surface area contributed by atoms with Gasteiger partial charge in [0.05, 0.1) is 0 Å². The van der Waals surface area contributed by atoms with Crippen LogP contribution in [0.2, 0.25) is 0 Å². The average molecular weight is 335 g/mol. The van der Waals surface area contributed by atoms with Crippen molar-refractivity contribution in [2.24, 2.45) is 0 Å². The molecule has 0 saturated carbocycles. The molecule has 0 spiro atoms. The molecule has 0 unspecified atom stereocenters. The number of nitrogens with zero attached hydrogens (tertiary/aromatic N) is 2. The van der Waals surface area contributed by atoms with Gasteiger partial charge in [-0.05, 0) is 45.9 Å². The van der Waals surface area contributed by atoms with E-state index in [9.17, 15) is 0 Å². The van der Waals surface area contributed by atoms with Gasteiger partial charge in [-0.1, -0.05) is 22.0 Å². The highest BCUT2D eigenvalue weighted by atomic mass is 79.9. The fraction of sp³-hybridized carbons (Fsp3) is 0.333. The lowest BCUT2D eigenvalue weighted by Crippen LogP contribution is -2.27. The third-order valence-corrected chi connectivity index (χ3v) is 2.93. The molecule has 5 heteroatoms. The van der Waals surface area contributed by atoms with Gasteiger partial charge in [-0.2, -0.15) is 4.98 Å². The number of aryl methyl sites for hydroxylation is 1. The number of hydrogen-bond acceptors (Lipinski definition) is 4. The van der Waals surface area contributed by atoms with Gasteiger partial charge in [-0.15, -0.1) is 0 Å². The van der Waals surface area contributed by atoms with Crippen molar-refractivity contribution in [1.29, 1.82) is 0 Å². The highest BCUT2D eigenvalue weighted by Crippen LogP contribution is 2.20. The summed E-state index contributed by atoms with van der Waals surface area (Å²) in [6.45, 7) is 8.27. The molecule has 0 aliphatic carbocycles. The van der Waals surface area contributed by atoms with Gasteiger partial charge >= 0.3 is 0 Å². The van der Waals surface area contributed by atoms with Crippen LogP contribution in [0.1, 0.15) is 26.5 Å². The Kier molecular flexibility index (Phi) is 4.28. The summed E-state index contributed by atoms with van der Waals surface area (Å²) in [5.74, 6) is 1.41. The predicted molar refractivity (Wildman–Crippen MR) is 87.6 cm³/mol. The molecule has 2 N–H and O–H groups in total. The van der Waals surface area contributed by atoms with Crippen molar-refractivity contribution in [2.45, 2.75) is 33.2 Å². The van der Waals surface area contributed by atoms with Crippen LogP contribution >= 0.6 is 15.9 Å². The first-order valence-electron chi connectivity index (χ1n) is 6.48. The average Bonchev–Trinajstić information content (AvgIpc) is 2.25. The second-order valence-electron chi connectivity index (χ2n) is 5.73. The second kappa shape index (κ2) is 5.79. The Morgan fingerprint density at radius 2 is 1.85 bits per heavy atom. The minimum Gasteiger partial charge on any atom is -0.365 e. The van der Waals surface area contributed by atoms with Gasteiger partial charge < -0.3 is 10.6 Å². The summed E-state index contributed by atoms with van der Waals surface area (Å²) in [5.41, 5.74) is 1.84. The fourth-order valence-electron chi connectivity index (χ4n) is 1.77. The van der Waals surface area contributed by atoms with Crippen LogP contribution in [0.5, 0.6) is 0 Å². The number of hydrogen-bond donors (Lipinski definition) is 2. The number of benzene rings is 1. The zero-order valence-electron chi connectivity index (χ0n) is 12.2. The van der Waals surface area contributed by atoms with Gasteiger partial charge in [0, 0.05) is 27.5 Å². The van der Waals surface area contributed by atoms with Crippen LogP contribution in [0.4, 0.5) is 17.5 Å². The third kappa shape index (κ3) is 4.49. The fourth-order valence-corrected chi connectivity index (χ4v) is 2.17. The monoisotopic (exact) mass is 334 g/mol. The predicted octanol–water partition coefficient (Wildman–Crippen LogP) is 4.50. The van der Waals surface area contributed by atoms with Crippen LogP contribution in [-0.4, -0.2) is 15.5 Å². The van der Waals surface area contributed by atoms with Gasteiger partial charge in [0.25, 0.3) is 0 Å². The van der Waals surface area contributed by atoms with E-state index in [2.05, 4.69) is 57.3 Å². The molecule has 0 amide bonds. The molecule has 0 fully saturated rings. The molecular formula is C15H19BrN4. The number of nitrogens with one attached hydrogen (secondary N) is 2. The normalized spacial score (nSPS) is 11.2. The van der Waals surface area contributed by atoms with E-state index in [1.165, 1.54) is 0 Å². The lowest BCUT2D eigenvalue weighted by molar-refractivity contribution is 0.630. The molecule has 2 rings (SSSR count). The number of aromatic nitrogens is 2. The van der Waals surface area contributed by atoms with Crippen LogP contribution in [0, 0.1) is 6.92 Å². The van der Waals surface area contributed by atoms with E-state index >= 15 is 0 Å². The SMILES string of the molecule is Cc1cc(NC(C)(C)C)nc(Nc2cccc(Br)c2)n1. The van der Waals surface area contributed by atoms with Gasteiger partial charge in [0.1, 0.15) is 5.82 Å². The van der Waals surface area contributed by atoms with Crippen LogP contribution in [-0.2, 0) is 0 Å². The zero-order chi connectivity index (χ0) is 14.8. The van der Waals surface area contributed by atoms with Gasteiger partial charge in [-0.25, -0.2) is 4.98 Å². The van der Waals surface area contributed by atoms with E-state index in [4.69, 9.17) is 0 Å². The Hall–Kier alpha value is -1.62. The summed E-state index contributed by atoms with van der Waals surface area (Å²) in [4.78, 5) is 8.91. The van der Waals surface area contributed by atoms with Crippen molar-refractivity contribution in [3.63, 3.8) is 0 Å². The highest BCUT2D eigenvalue weighted by Gasteiger charge is 2.11. The molecule has 106 valence electrons. The molecule has 2 aromatic rings. The Morgan fingerprint density at radius 3 is 2.50 bits per heavy atom. The Balaban J connectivity index is 2.24. The maximum absolute atomic E-state index is 4.50. The highest BCUT2D eigenvalue weighted by molar-refractivity contribution is 9.10. The molecule has 1 heterocycles. The number of halogens is 1. The summed E-state index contributed by atoms with van der Waals surface area (Å²) < 4.78 is 1.02. The topological polar surface area (TPSA) is 49.8 Å². The smallest absolute Gasteiger partial charge is 0.229 e. The quantitative estimate of drug-likeness (QED) is 0.867. The maximum Gasteiger partial charge on any atom is 0.229 e. The van der Waals surface area contributed by atoms with Crippen molar-refractivity contribution >= 4 is 33.4 Å². The van der Waals surface area contributed by atoms with Gasteiger partial charge in [0.2, 0.25) is 5.95 Å². The standard InChI is InChI=1S/C15H19BrN4/c1-10-8-13(20-15(2,3)4)19-14(17-10)18-12-7-5-6-11(16)9-12/h5-9H,1-4H3,(H2,17,18,19,20). The maximum atomic E-state index is 4.50. The summed E-state index contributed by atoms with van der Waals surface area (Å²) >= 11 is 3.45. The summed E-state index contributed by atoms with van der Waals surface area (Å²) in [7, 11) is 0. The molecule has 0 bridgehead atoms. The van der Waals surface area contributed by atoms with Crippen molar-refractivity contribution in [3.05, 3.63) is 40.5 Å². The van der Waals surface area contributed by atoms with Crippen molar-refractivity contribution in [3.8, 4) is 0 Å². The van der Waals surface area contributed by atoms with Gasteiger partial charge in [-0.3, -0.25) is 0 Å². The molecule has 0 saturated heterocycles. The van der Waals surface area contributed by atoms with Crippen molar-refractivity contribution in [2.75, 3.05) is 10.6 Å². The molecule has 0 aliphatic rings. The zero-order valence-corrected chi connectivity index (χ0v) is 13.7. The summed E-state index contributed by atoms with van der Waals surface area (Å²) in [6.07, 6.45) is 0. The van der Waals surface area contributed by atoms with E-state index in [1.807, 2.05) is 37.3 Å². The molecular weight excluding hydrogens is 316 g/mol.